The van der Waals surface area contributed by atoms with Gasteiger partial charge in [-0.25, -0.2) is 0 Å². The van der Waals surface area contributed by atoms with Crippen LogP contribution in [0.1, 0.15) is 24.5 Å². The maximum absolute atomic E-state index is 13.5. The van der Waals surface area contributed by atoms with E-state index in [2.05, 4.69) is 16.0 Å². The Kier molecular flexibility index (Phi) is 5.64. The molecule has 1 fully saturated rings. The molecule has 2 aliphatic rings. The number of carbonyl (C=O) groups is 2. The fraction of sp³-hybridized carbons (Fsp3) is 0.364. The molecule has 2 heterocycles. The van der Waals surface area contributed by atoms with Crippen molar-refractivity contribution in [3.8, 4) is 5.75 Å². The molecule has 9 heteroatoms. The smallest absolute Gasteiger partial charge is 0.250 e. The average molecular weight is 464 g/mol. The van der Waals surface area contributed by atoms with Crippen molar-refractivity contribution >= 4 is 46.4 Å². The summed E-state index contributed by atoms with van der Waals surface area (Å²) in [6.07, 6.45) is -0.516. The number of anilines is 2. The summed E-state index contributed by atoms with van der Waals surface area (Å²) in [6, 6.07) is 8.03. The molecule has 1 unspecified atom stereocenters. The van der Waals surface area contributed by atoms with E-state index in [0.29, 0.717) is 32.7 Å². The highest BCUT2D eigenvalue weighted by molar-refractivity contribution is 6.35. The topological polar surface area (TPSA) is 99.7 Å². The largest absolute Gasteiger partial charge is 0.495 e. The van der Waals surface area contributed by atoms with E-state index in [0.717, 1.165) is 5.56 Å². The number of ether oxygens (including phenoxy) is 1. The number of nitrogens with one attached hydrogen (secondary N) is 3. The van der Waals surface area contributed by atoms with Crippen LogP contribution in [0, 0.1) is 12.8 Å². The van der Waals surface area contributed by atoms with Gasteiger partial charge in [-0.2, -0.15) is 0 Å². The Morgan fingerprint density at radius 3 is 2.74 bits per heavy atom. The molecule has 4 rings (SSSR count). The number of aliphatic hydroxyl groups excluding tert-OH is 1. The summed E-state index contributed by atoms with van der Waals surface area (Å²) in [5, 5.41) is 20.0. The van der Waals surface area contributed by atoms with Gasteiger partial charge in [-0.05, 0) is 50.1 Å². The second-order valence-corrected chi connectivity index (χ2v) is 8.89. The monoisotopic (exact) mass is 463 g/mol. The van der Waals surface area contributed by atoms with Gasteiger partial charge in [0.25, 0.3) is 0 Å². The van der Waals surface area contributed by atoms with Gasteiger partial charge >= 0.3 is 0 Å². The summed E-state index contributed by atoms with van der Waals surface area (Å²) in [5.41, 5.74) is 0.981. The van der Waals surface area contributed by atoms with Crippen LogP contribution < -0.4 is 20.7 Å². The molecule has 2 aromatic rings. The Hall–Kier alpha value is -2.32. The molecule has 2 aliphatic heterocycles. The molecule has 4 N–H and O–H groups in total. The summed E-state index contributed by atoms with van der Waals surface area (Å²) >= 11 is 12.5. The number of fused-ring (bicyclic) bond motifs is 2. The summed E-state index contributed by atoms with van der Waals surface area (Å²) < 4.78 is 5.32. The zero-order chi connectivity index (χ0) is 22.5. The summed E-state index contributed by atoms with van der Waals surface area (Å²) in [4.78, 5) is 26.8. The van der Waals surface area contributed by atoms with Crippen LogP contribution in [-0.4, -0.2) is 36.2 Å². The van der Waals surface area contributed by atoms with Crippen molar-refractivity contribution in [2.45, 2.75) is 38.0 Å². The number of carbonyl (C=O) groups excluding carboxylic acids is 2. The Labute approximate surface area is 190 Å². The molecule has 4 atom stereocenters. The number of aryl methyl sites for hydroxylation is 1. The van der Waals surface area contributed by atoms with Crippen LogP contribution in [-0.2, 0) is 15.1 Å². The lowest BCUT2D eigenvalue weighted by atomic mass is 9.79. The third kappa shape index (κ3) is 3.55. The van der Waals surface area contributed by atoms with Gasteiger partial charge in [-0.3, -0.25) is 14.9 Å². The molecule has 2 aromatic carbocycles. The molecule has 7 nitrogen and oxygen atoms in total. The van der Waals surface area contributed by atoms with E-state index < -0.39 is 29.5 Å². The van der Waals surface area contributed by atoms with Crippen molar-refractivity contribution in [1.29, 1.82) is 0 Å². The molecule has 31 heavy (non-hydrogen) atoms. The molecule has 0 radical (unpaired) electrons. The minimum Gasteiger partial charge on any atom is -0.495 e. The first-order valence-corrected chi connectivity index (χ1v) is 10.6. The highest BCUT2D eigenvalue weighted by Gasteiger charge is 2.61. The predicted molar refractivity (Wildman–Crippen MR) is 120 cm³/mol. The van der Waals surface area contributed by atoms with E-state index >= 15 is 0 Å². The van der Waals surface area contributed by atoms with E-state index in [1.165, 1.54) is 7.11 Å². The highest BCUT2D eigenvalue weighted by atomic mass is 35.5. The molecule has 0 saturated carbocycles. The third-order valence-electron chi connectivity index (χ3n) is 6.00. The van der Waals surface area contributed by atoms with Crippen LogP contribution in [0.4, 0.5) is 11.4 Å². The van der Waals surface area contributed by atoms with E-state index in [4.69, 9.17) is 27.9 Å². The number of aliphatic hydroxyl groups is 1. The number of benzene rings is 2. The van der Waals surface area contributed by atoms with Crippen molar-refractivity contribution in [3.63, 3.8) is 0 Å². The van der Waals surface area contributed by atoms with Gasteiger partial charge in [0, 0.05) is 16.6 Å². The number of halogens is 2. The van der Waals surface area contributed by atoms with Gasteiger partial charge in [-0.15, -0.1) is 0 Å². The van der Waals surface area contributed by atoms with Crippen LogP contribution in [0.2, 0.25) is 10.0 Å². The summed E-state index contributed by atoms with van der Waals surface area (Å²) in [5.74, 6) is -1.14. The number of hydrogen-bond acceptors (Lipinski definition) is 5. The Balaban J connectivity index is 1.79. The maximum Gasteiger partial charge on any atom is 0.250 e. The zero-order valence-corrected chi connectivity index (χ0v) is 18.8. The maximum atomic E-state index is 13.5. The number of amides is 2. The molecule has 0 aliphatic carbocycles. The van der Waals surface area contributed by atoms with Crippen LogP contribution in [0.5, 0.6) is 5.75 Å². The summed E-state index contributed by atoms with van der Waals surface area (Å²) in [6.45, 7) is 3.50. The van der Waals surface area contributed by atoms with Gasteiger partial charge < -0.3 is 20.5 Å². The minimum atomic E-state index is -1.36. The van der Waals surface area contributed by atoms with Crippen molar-refractivity contribution in [2.24, 2.45) is 5.92 Å². The van der Waals surface area contributed by atoms with Crippen LogP contribution in [0.15, 0.2) is 30.3 Å². The second-order valence-electron chi connectivity index (χ2n) is 8.05. The van der Waals surface area contributed by atoms with Crippen molar-refractivity contribution in [3.05, 3.63) is 51.5 Å². The predicted octanol–water partition coefficient (Wildman–Crippen LogP) is 3.46. The SMILES string of the molecule is COc1ccc(Cl)cc1NC(=O)[C@H]1C[C@H](C(C)O)N[C@]12C(=O)Nc1c(Cl)cc(C)cc12. The molecular weight excluding hydrogens is 441 g/mol. The lowest BCUT2D eigenvalue weighted by Gasteiger charge is -2.30. The fourth-order valence-corrected chi connectivity index (χ4v) is 5.00. The van der Waals surface area contributed by atoms with Crippen molar-refractivity contribution in [2.75, 3.05) is 17.7 Å². The molecule has 1 spiro atoms. The second kappa shape index (κ2) is 7.98. The molecule has 0 bridgehead atoms. The molecular formula is C22H23Cl2N3O4. The Morgan fingerprint density at radius 2 is 2.06 bits per heavy atom. The van der Waals surface area contributed by atoms with Crippen molar-refractivity contribution in [1.82, 2.24) is 5.32 Å². The Morgan fingerprint density at radius 1 is 1.32 bits per heavy atom. The molecule has 2 amide bonds. The summed E-state index contributed by atoms with van der Waals surface area (Å²) in [7, 11) is 1.49. The Bertz CT molecular complexity index is 1070. The average Bonchev–Trinajstić information content (AvgIpc) is 3.23. The molecule has 1 saturated heterocycles. The van der Waals surface area contributed by atoms with Gasteiger partial charge in [0.05, 0.1) is 35.5 Å². The quantitative estimate of drug-likeness (QED) is 0.556. The number of rotatable bonds is 4. The van der Waals surface area contributed by atoms with Gasteiger partial charge in [-0.1, -0.05) is 29.3 Å². The van der Waals surface area contributed by atoms with E-state index in [-0.39, 0.29) is 12.3 Å². The lowest BCUT2D eigenvalue weighted by Crippen LogP contribution is -2.53. The zero-order valence-electron chi connectivity index (χ0n) is 17.3. The van der Waals surface area contributed by atoms with Crippen LogP contribution in [0.3, 0.4) is 0 Å². The normalized spacial score (nSPS) is 25.3. The minimum absolute atomic E-state index is 0.255. The van der Waals surface area contributed by atoms with E-state index in [1.807, 2.05) is 13.0 Å². The number of methoxy groups -OCH3 is 1. The van der Waals surface area contributed by atoms with Crippen molar-refractivity contribution < 1.29 is 19.4 Å². The first-order chi connectivity index (χ1) is 14.7. The fourth-order valence-electron chi connectivity index (χ4n) is 4.51. The van der Waals surface area contributed by atoms with Crippen LogP contribution in [0.25, 0.3) is 0 Å². The first kappa shape index (κ1) is 21.9. The van der Waals surface area contributed by atoms with Crippen LogP contribution >= 0.6 is 23.2 Å². The third-order valence-corrected chi connectivity index (χ3v) is 6.53. The van der Waals surface area contributed by atoms with Gasteiger partial charge in [0.2, 0.25) is 11.8 Å². The standard InChI is InChI=1S/C22H23Cl2N3O4/c1-10-6-13-19(15(24)7-10)26-21(30)22(13)14(9-16(27-22)11(2)28)20(29)25-17-8-12(23)4-5-18(17)31-3/h4-8,11,14,16,27-28H,9H2,1-3H3,(H,25,29)(H,26,30)/t11?,14-,16-,22+/m1/s1. The van der Waals surface area contributed by atoms with Gasteiger partial charge in [0.1, 0.15) is 11.3 Å². The lowest BCUT2D eigenvalue weighted by molar-refractivity contribution is -0.130. The molecule has 164 valence electrons. The van der Waals surface area contributed by atoms with E-state index in [1.54, 1.807) is 31.2 Å². The highest BCUT2D eigenvalue weighted by Crippen LogP contribution is 2.50. The first-order valence-electron chi connectivity index (χ1n) is 9.89. The van der Waals surface area contributed by atoms with E-state index in [9.17, 15) is 14.7 Å². The number of hydrogen-bond donors (Lipinski definition) is 4. The molecule has 0 aromatic heterocycles. The van der Waals surface area contributed by atoms with Gasteiger partial charge in [0.15, 0.2) is 0 Å².